The largest absolute Gasteiger partial charge is 0.460 e. The fourth-order valence-electron chi connectivity index (χ4n) is 3.72. The number of nitrogens with one attached hydrogen (secondary N) is 1. The van der Waals surface area contributed by atoms with E-state index in [4.69, 9.17) is 9.73 Å². The first-order valence-electron chi connectivity index (χ1n) is 9.83. The van der Waals surface area contributed by atoms with Crippen molar-refractivity contribution in [1.29, 1.82) is 0 Å². The number of hydrogen-bond donors (Lipinski definition) is 1. The van der Waals surface area contributed by atoms with Crippen molar-refractivity contribution < 1.29 is 14.3 Å². The van der Waals surface area contributed by atoms with Crippen molar-refractivity contribution in [3.8, 4) is 0 Å². The molecule has 2 atom stereocenters. The summed E-state index contributed by atoms with van der Waals surface area (Å²) in [7, 11) is 0. The Morgan fingerprint density at radius 2 is 1.86 bits per heavy atom. The molecule has 6 heteroatoms. The van der Waals surface area contributed by atoms with Gasteiger partial charge in [0.25, 0.3) is 5.91 Å². The van der Waals surface area contributed by atoms with Gasteiger partial charge in [0.2, 0.25) is 0 Å². The predicted octanol–water partition coefficient (Wildman–Crippen LogP) is 4.56. The summed E-state index contributed by atoms with van der Waals surface area (Å²) in [5.74, 6) is -1.15. The number of aryl methyl sites for hydroxylation is 2. The van der Waals surface area contributed by atoms with E-state index in [0.717, 1.165) is 37.8 Å². The zero-order valence-electron chi connectivity index (χ0n) is 17.7. The molecule has 5 nitrogen and oxygen atoms in total. The summed E-state index contributed by atoms with van der Waals surface area (Å²) < 4.78 is 5.55. The molecule has 2 aliphatic rings. The van der Waals surface area contributed by atoms with E-state index in [9.17, 15) is 9.59 Å². The van der Waals surface area contributed by atoms with Crippen molar-refractivity contribution in [2.45, 2.75) is 59.1 Å². The minimum atomic E-state index is -1.10. The zero-order valence-corrected chi connectivity index (χ0v) is 18.5. The first-order chi connectivity index (χ1) is 13.5. The van der Waals surface area contributed by atoms with Gasteiger partial charge in [-0.1, -0.05) is 29.8 Å². The molecule has 4 rings (SSSR count). The Kier molecular flexibility index (Phi) is 4.46. The molecule has 0 saturated heterocycles. The summed E-state index contributed by atoms with van der Waals surface area (Å²) in [6, 6.07) is 8.13. The quantitative estimate of drug-likeness (QED) is 0.738. The van der Waals surface area contributed by atoms with Gasteiger partial charge in [0.05, 0.1) is 11.6 Å². The highest BCUT2D eigenvalue weighted by Crippen LogP contribution is 2.52. The topological polar surface area (TPSA) is 67.8 Å². The first kappa shape index (κ1) is 19.8. The normalized spacial score (nSPS) is 23.2. The van der Waals surface area contributed by atoms with Crippen molar-refractivity contribution in [3.05, 3.63) is 51.4 Å². The number of rotatable bonds is 2. The molecule has 1 fully saturated rings. The van der Waals surface area contributed by atoms with Crippen molar-refractivity contribution in [2.75, 3.05) is 5.32 Å². The minimum absolute atomic E-state index is 0.224. The molecule has 2 heterocycles. The summed E-state index contributed by atoms with van der Waals surface area (Å²) in [6.45, 7) is 11.6. The lowest BCUT2D eigenvalue weighted by Crippen LogP contribution is -2.34. The molecule has 29 heavy (non-hydrogen) atoms. The van der Waals surface area contributed by atoms with Crippen LogP contribution in [0.2, 0.25) is 0 Å². The second-order valence-corrected chi connectivity index (χ2v) is 10.2. The Bertz CT molecular complexity index is 1040. The third kappa shape index (κ3) is 3.39. The van der Waals surface area contributed by atoms with E-state index in [-0.39, 0.29) is 11.9 Å². The van der Waals surface area contributed by atoms with E-state index in [0.29, 0.717) is 6.42 Å². The molecule has 0 radical (unpaired) electrons. The van der Waals surface area contributed by atoms with Gasteiger partial charge in [0.15, 0.2) is 5.54 Å². The van der Waals surface area contributed by atoms with Crippen LogP contribution in [0.5, 0.6) is 0 Å². The Labute approximate surface area is 175 Å². The predicted molar refractivity (Wildman–Crippen MR) is 116 cm³/mol. The van der Waals surface area contributed by atoms with Crippen LogP contribution in [0, 0.1) is 26.7 Å². The van der Waals surface area contributed by atoms with E-state index < -0.39 is 17.1 Å². The van der Waals surface area contributed by atoms with Gasteiger partial charge in [-0.25, -0.2) is 0 Å². The Balaban J connectivity index is 1.83. The minimum Gasteiger partial charge on any atom is -0.460 e. The monoisotopic (exact) mass is 410 g/mol. The number of ether oxygens (including phenoxy) is 1. The van der Waals surface area contributed by atoms with Crippen LogP contribution < -0.4 is 5.32 Å². The van der Waals surface area contributed by atoms with Gasteiger partial charge >= 0.3 is 5.97 Å². The Morgan fingerprint density at radius 3 is 2.48 bits per heavy atom. The summed E-state index contributed by atoms with van der Waals surface area (Å²) in [6.07, 6.45) is 0.371. The zero-order chi connectivity index (χ0) is 21.1. The molecular weight excluding hydrogens is 384 g/mol. The Hall–Kier alpha value is -2.47. The second-order valence-electron chi connectivity index (χ2n) is 8.98. The average molecular weight is 411 g/mol. The van der Waals surface area contributed by atoms with E-state index in [1.807, 2.05) is 58.9 Å². The fourth-order valence-corrected chi connectivity index (χ4v) is 4.77. The Morgan fingerprint density at radius 1 is 1.21 bits per heavy atom. The van der Waals surface area contributed by atoms with Crippen molar-refractivity contribution >= 4 is 33.9 Å². The maximum absolute atomic E-state index is 13.2. The van der Waals surface area contributed by atoms with Crippen LogP contribution in [0.25, 0.3) is 0 Å². The molecular formula is C23H26N2O3S. The molecule has 1 N–H and O–H groups in total. The average Bonchev–Trinajstić information content (AvgIpc) is 3.31. The molecule has 1 amide bonds. The van der Waals surface area contributed by atoms with Gasteiger partial charge in [-0.3, -0.25) is 14.6 Å². The number of aliphatic imine (C=N–C) groups is 1. The highest BCUT2D eigenvalue weighted by molar-refractivity contribution is 7.17. The molecule has 1 aromatic heterocycles. The molecule has 2 aromatic rings. The van der Waals surface area contributed by atoms with Gasteiger partial charge in [-0.2, -0.15) is 0 Å². The lowest BCUT2D eigenvalue weighted by Gasteiger charge is -2.20. The van der Waals surface area contributed by atoms with Crippen molar-refractivity contribution in [2.24, 2.45) is 10.9 Å². The molecule has 152 valence electrons. The van der Waals surface area contributed by atoms with Gasteiger partial charge in [0.1, 0.15) is 10.6 Å². The number of amides is 1. The second kappa shape index (κ2) is 6.52. The summed E-state index contributed by atoms with van der Waals surface area (Å²) in [5.41, 5.74) is 3.24. The van der Waals surface area contributed by atoms with Crippen molar-refractivity contribution in [1.82, 2.24) is 0 Å². The smallest absolute Gasteiger partial charge is 0.312 e. The number of hydrogen-bond acceptors (Lipinski definition) is 5. The van der Waals surface area contributed by atoms with Crippen LogP contribution in [0.4, 0.5) is 5.00 Å². The van der Waals surface area contributed by atoms with Gasteiger partial charge in [0, 0.05) is 16.0 Å². The SMILES string of the molecule is Cc1ccc(C2=NC3(CC3C(=O)OC(C)(C)C)C(=O)Nc3sc(C)c(C)c32)cc1. The summed E-state index contributed by atoms with van der Waals surface area (Å²) in [4.78, 5) is 32.0. The molecule has 2 unspecified atom stereocenters. The standard InChI is InChI=1S/C23H26N2O3S/c1-12-7-9-15(10-8-12)18-17-13(2)14(3)29-19(17)24-21(27)23(25-18)11-16(23)20(26)28-22(4,5)6/h7-10,16H,11H2,1-6H3,(H,24,27). The molecule has 1 aliphatic carbocycles. The molecule has 0 bridgehead atoms. The van der Waals surface area contributed by atoms with E-state index in [1.54, 1.807) is 11.3 Å². The number of nitrogens with zero attached hydrogens (tertiary/aromatic N) is 1. The lowest BCUT2D eigenvalue weighted by atomic mass is 9.99. The molecule has 1 saturated carbocycles. The third-order valence-electron chi connectivity index (χ3n) is 5.50. The highest BCUT2D eigenvalue weighted by Gasteiger charge is 2.66. The highest BCUT2D eigenvalue weighted by atomic mass is 32.1. The van der Waals surface area contributed by atoms with Gasteiger partial charge < -0.3 is 10.1 Å². The maximum Gasteiger partial charge on any atom is 0.312 e. The number of carbonyl (C=O) groups excluding carboxylic acids is 2. The molecule has 1 aliphatic heterocycles. The van der Waals surface area contributed by atoms with E-state index in [2.05, 4.69) is 12.2 Å². The summed E-state index contributed by atoms with van der Waals surface area (Å²) >= 11 is 1.55. The van der Waals surface area contributed by atoms with Gasteiger partial charge in [-0.05, 0) is 53.5 Å². The number of anilines is 1. The van der Waals surface area contributed by atoms with Crippen LogP contribution in [0.3, 0.4) is 0 Å². The maximum atomic E-state index is 13.2. The van der Waals surface area contributed by atoms with Crippen LogP contribution in [-0.2, 0) is 14.3 Å². The van der Waals surface area contributed by atoms with E-state index >= 15 is 0 Å². The number of thiophene rings is 1. The number of esters is 1. The number of fused-ring (bicyclic) bond motifs is 1. The van der Waals surface area contributed by atoms with Crippen LogP contribution in [0.15, 0.2) is 29.3 Å². The van der Waals surface area contributed by atoms with E-state index in [1.165, 1.54) is 0 Å². The van der Waals surface area contributed by atoms with Crippen LogP contribution >= 0.6 is 11.3 Å². The fraction of sp³-hybridized carbons (Fsp3) is 0.435. The van der Waals surface area contributed by atoms with Crippen molar-refractivity contribution in [3.63, 3.8) is 0 Å². The molecule has 1 aromatic carbocycles. The van der Waals surface area contributed by atoms with Crippen LogP contribution in [-0.4, -0.2) is 28.7 Å². The van der Waals surface area contributed by atoms with Gasteiger partial charge in [-0.15, -0.1) is 11.3 Å². The lowest BCUT2D eigenvalue weighted by molar-refractivity contribution is -0.157. The number of carbonyl (C=O) groups is 2. The molecule has 1 spiro atoms. The first-order valence-corrected chi connectivity index (χ1v) is 10.6. The van der Waals surface area contributed by atoms with Crippen LogP contribution in [0.1, 0.15) is 54.3 Å². The third-order valence-corrected chi connectivity index (χ3v) is 6.62. The summed E-state index contributed by atoms with van der Waals surface area (Å²) in [5, 5.41) is 3.85. The number of benzene rings is 1.